The summed E-state index contributed by atoms with van der Waals surface area (Å²) in [4.78, 5) is 21.3. The second kappa shape index (κ2) is 10.6. The first kappa shape index (κ1) is 25.4. The average Bonchev–Trinajstić information content (AvgIpc) is 3.39. The molecule has 2 fully saturated rings. The van der Waals surface area contributed by atoms with Crippen LogP contribution < -0.4 is 11.1 Å². The Balaban J connectivity index is 1.42. The van der Waals surface area contributed by atoms with E-state index in [0.717, 1.165) is 30.9 Å². The van der Waals surface area contributed by atoms with Gasteiger partial charge in [-0.2, -0.15) is 0 Å². The molecule has 1 aliphatic heterocycles. The van der Waals surface area contributed by atoms with E-state index in [1.807, 2.05) is 6.07 Å². The van der Waals surface area contributed by atoms with Gasteiger partial charge in [0.1, 0.15) is 28.8 Å². The van der Waals surface area contributed by atoms with Crippen LogP contribution in [0.3, 0.4) is 0 Å². The topological polar surface area (TPSA) is 90.1 Å². The van der Waals surface area contributed by atoms with E-state index < -0.39 is 34.6 Å². The van der Waals surface area contributed by atoms with Crippen molar-refractivity contribution in [2.24, 2.45) is 11.7 Å². The number of halogens is 3. The van der Waals surface area contributed by atoms with Gasteiger partial charge in [0.15, 0.2) is 0 Å². The molecule has 4 atom stereocenters. The molecule has 0 spiro atoms. The van der Waals surface area contributed by atoms with Crippen molar-refractivity contribution >= 4 is 11.6 Å². The van der Waals surface area contributed by atoms with Gasteiger partial charge in [-0.3, -0.25) is 9.78 Å². The van der Waals surface area contributed by atoms with Gasteiger partial charge in [0.2, 0.25) is 0 Å². The van der Waals surface area contributed by atoms with Crippen molar-refractivity contribution in [3.05, 3.63) is 77.0 Å². The Morgan fingerprint density at radius 2 is 1.84 bits per heavy atom. The number of hydrogen-bond donors (Lipinski definition) is 2. The first-order valence-corrected chi connectivity index (χ1v) is 12.5. The van der Waals surface area contributed by atoms with Crippen molar-refractivity contribution in [2.45, 2.75) is 50.5 Å². The van der Waals surface area contributed by atoms with Crippen LogP contribution in [0.15, 0.2) is 42.7 Å². The number of nitrogens with zero attached hydrogens (tertiary/aromatic N) is 2. The van der Waals surface area contributed by atoms with E-state index in [1.54, 1.807) is 12.4 Å². The van der Waals surface area contributed by atoms with Crippen LogP contribution in [-0.2, 0) is 4.74 Å². The molecule has 5 rings (SSSR count). The molecule has 1 saturated heterocycles. The maximum Gasteiger partial charge on any atom is 0.274 e. The van der Waals surface area contributed by atoms with Gasteiger partial charge in [0.05, 0.1) is 24.1 Å². The molecule has 1 saturated carbocycles. The molecule has 0 unspecified atom stereocenters. The third-order valence-electron chi connectivity index (χ3n) is 7.30. The van der Waals surface area contributed by atoms with E-state index in [2.05, 4.69) is 22.2 Å². The summed E-state index contributed by atoms with van der Waals surface area (Å²) in [6.45, 7) is 3.05. The second-order valence-corrected chi connectivity index (χ2v) is 10.1. The van der Waals surface area contributed by atoms with E-state index in [4.69, 9.17) is 10.5 Å². The highest BCUT2D eigenvalue weighted by Crippen LogP contribution is 2.38. The van der Waals surface area contributed by atoms with Gasteiger partial charge in [0.25, 0.3) is 5.91 Å². The van der Waals surface area contributed by atoms with Crippen molar-refractivity contribution in [3.63, 3.8) is 0 Å². The van der Waals surface area contributed by atoms with Crippen LogP contribution in [-0.4, -0.2) is 35.1 Å². The second-order valence-electron chi connectivity index (χ2n) is 10.1. The SMILES string of the molecule is C[C@@H]1C[C@H](N)C[C@H](c2ccncc2NC(=O)c2ccc(F)c(-c3c(F)cc([C@H]4CCOC4)cc3F)n2)C1. The average molecular weight is 511 g/mol. The maximum atomic E-state index is 15.0. The number of rotatable bonds is 5. The van der Waals surface area contributed by atoms with E-state index in [-0.39, 0.29) is 23.6 Å². The summed E-state index contributed by atoms with van der Waals surface area (Å²) in [5.41, 5.74) is 6.76. The molecule has 0 bridgehead atoms. The Morgan fingerprint density at radius 3 is 2.54 bits per heavy atom. The van der Waals surface area contributed by atoms with Gasteiger partial charge in [0, 0.05) is 24.8 Å². The van der Waals surface area contributed by atoms with Crippen molar-refractivity contribution < 1.29 is 22.7 Å². The lowest BCUT2D eigenvalue weighted by Crippen LogP contribution is -2.31. The number of nitrogens with one attached hydrogen (secondary N) is 1. The fourth-order valence-corrected chi connectivity index (χ4v) is 5.56. The molecule has 3 N–H and O–H groups in total. The Morgan fingerprint density at radius 1 is 1.05 bits per heavy atom. The minimum atomic E-state index is -0.942. The molecule has 2 aromatic heterocycles. The third kappa shape index (κ3) is 5.38. The van der Waals surface area contributed by atoms with Gasteiger partial charge in [-0.15, -0.1) is 0 Å². The van der Waals surface area contributed by atoms with Crippen LogP contribution >= 0.6 is 0 Å². The van der Waals surface area contributed by atoms with E-state index in [1.165, 1.54) is 18.2 Å². The fraction of sp³-hybridized carbons (Fsp3) is 0.393. The van der Waals surface area contributed by atoms with Crippen molar-refractivity contribution in [1.29, 1.82) is 0 Å². The molecule has 194 valence electrons. The van der Waals surface area contributed by atoms with Crippen LogP contribution in [0.5, 0.6) is 0 Å². The van der Waals surface area contributed by atoms with Crippen LogP contribution in [0.25, 0.3) is 11.3 Å². The monoisotopic (exact) mass is 510 g/mol. The smallest absolute Gasteiger partial charge is 0.274 e. The molecule has 9 heteroatoms. The Bertz CT molecular complexity index is 1280. The van der Waals surface area contributed by atoms with Crippen LogP contribution in [0, 0.1) is 23.4 Å². The van der Waals surface area contributed by atoms with Crippen molar-refractivity contribution in [2.75, 3.05) is 18.5 Å². The number of nitrogens with two attached hydrogens (primary N) is 1. The minimum absolute atomic E-state index is 0.0733. The summed E-state index contributed by atoms with van der Waals surface area (Å²) in [7, 11) is 0. The highest BCUT2D eigenvalue weighted by Gasteiger charge is 2.28. The fourth-order valence-electron chi connectivity index (χ4n) is 5.56. The summed E-state index contributed by atoms with van der Waals surface area (Å²) in [5, 5.41) is 2.80. The van der Waals surface area contributed by atoms with Gasteiger partial charge in [-0.05, 0) is 79.0 Å². The summed E-state index contributed by atoms with van der Waals surface area (Å²) < 4.78 is 50.1. The molecule has 3 aromatic rings. The van der Waals surface area contributed by atoms with Crippen molar-refractivity contribution in [1.82, 2.24) is 9.97 Å². The Hall–Kier alpha value is -3.30. The third-order valence-corrected chi connectivity index (χ3v) is 7.30. The minimum Gasteiger partial charge on any atom is -0.381 e. The van der Waals surface area contributed by atoms with E-state index in [9.17, 15) is 9.18 Å². The van der Waals surface area contributed by atoms with Gasteiger partial charge < -0.3 is 15.8 Å². The number of pyridine rings is 2. The summed E-state index contributed by atoms with van der Waals surface area (Å²) in [5.74, 6) is -2.97. The first-order chi connectivity index (χ1) is 17.8. The van der Waals surface area contributed by atoms with Gasteiger partial charge >= 0.3 is 0 Å². The van der Waals surface area contributed by atoms with E-state index in [0.29, 0.717) is 36.8 Å². The lowest BCUT2D eigenvalue weighted by atomic mass is 9.76. The molecule has 1 aromatic carbocycles. The molecule has 2 aliphatic rings. The molecule has 0 radical (unpaired) electrons. The lowest BCUT2D eigenvalue weighted by molar-refractivity contribution is 0.102. The number of hydrogen-bond acceptors (Lipinski definition) is 5. The number of amides is 1. The lowest BCUT2D eigenvalue weighted by Gasteiger charge is -2.32. The molecular formula is C28H29F3N4O2. The number of aromatic nitrogens is 2. The number of benzene rings is 1. The predicted octanol–water partition coefficient (Wildman–Crippen LogP) is 5.55. The van der Waals surface area contributed by atoms with Crippen LogP contribution in [0.4, 0.5) is 18.9 Å². The predicted molar refractivity (Wildman–Crippen MR) is 134 cm³/mol. The molecule has 37 heavy (non-hydrogen) atoms. The normalized spacial score (nSPS) is 23.7. The molecule has 1 amide bonds. The van der Waals surface area contributed by atoms with Crippen LogP contribution in [0.1, 0.15) is 66.1 Å². The summed E-state index contributed by atoms with van der Waals surface area (Å²) in [6, 6.07) is 6.47. The van der Waals surface area contributed by atoms with Crippen LogP contribution in [0.2, 0.25) is 0 Å². The summed E-state index contributed by atoms with van der Waals surface area (Å²) >= 11 is 0. The molecular weight excluding hydrogens is 481 g/mol. The number of anilines is 1. The summed E-state index contributed by atoms with van der Waals surface area (Å²) in [6.07, 6.45) is 6.54. The Kier molecular flexibility index (Phi) is 7.26. The van der Waals surface area contributed by atoms with Gasteiger partial charge in [-0.25, -0.2) is 18.2 Å². The zero-order valence-electron chi connectivity index (χ0n) is 20.5. The standard InChI is InChI=1S/C28H29F3N4O2/c1-15-8-18(10-19(32)9-15)20-4-6-33-13-25(20)35-28(36)24-3-2-21(29)27(34-24)26-22(30)11-17(12-23(26)31)16-5-7-37-14-16/h2-4,6,11-13,15-16,18-19H,5,7-10,14,32H2,1H3,(H,35,36)/t15-,16-,18+,19-/m0/s1. The highest BCUT2D eigenvalue weighted by atomic mass is 19.1. The zero-order valence-corrected chi connectivity index (χ0v) is 20.5. The maximum absolute atomic E-state index is 15.0. The molecule has 3 heterocycles. The first-order valence-electron chi connectivity index (χ1n) is 12.5. The van der Waals surface area contributed by atoms with Crippen molar-refractivity contribution in [3.8, 4) is 11.3 Å². The van der Waals surface area contributed by atoms with E-state index >= 15 is 8.78 Å². The zero-order chi connectivity index (χ0) is 26.1. The number of ether oxygens (including phenoxy) is 1. The molecule has 1 aliphatic carbocycles. The highest BCUT2D eigenvalue weighted by molar-refractivity contribution is 6.03. The Labute approximate surface area is 213 Å². The van der Waals surface area contributed by atoms with Gasteiger partial charge in [-0.1, -0.05) is 6.92 Å². The number of carbonyl (C=O) groups is 1. The quantitative estimate of drug-likeness (QED) is 0.470. The largest absolute Gasteiger partial charge is 0.381 e. The number of carbonyl (C=O) groups excluding carboxylic acids is 1. The molecule has 6 nitrogen and oxygen atoms in total.